The van der Waals surface area contributed by atoms with Crippen LogP contribution in [-0.4, -0.2) is 11.1 Å². The average Bonchev–Trinajstić information content (AvgIpc) is 2.40. The number of rotatable bonds is 2. The molecule has 2 aromatic rings. The molecule has 0 aliphatic carbocycles. The van der Waals surface area contributed by atoms with Gasteiger partial charge in [0.25, 0.3) is 0 Å². The van der Waals surface area contributed by atoms with Gasteiger partial charge < -0.3 is 15.0 Å². The Morgan fingerprint density at radius 2 is 1.63 bits per heavy atom. The zero-order valence-electron chi connectivity index (χ0n) is 10.7. The van der Waals surface area contributed by atoms with Gasteiger partial charge in [0.2, 0.25) is 0 Å². The third-order valence-electron chi connectivity index (χ3n) is 2.49. The molecule has 2 rings (SSSR count). The largest absolute Gasteiger partial charge is 0.545 e. The molecule has 0 fully saturated rings. The zero-order valence-corrected chi connectivity index (χ0v) is 13.7. The zero-order chi connectivity index (χ0) is 14.3. The number of carbonyl (C=O) groups is 1. The van der Waals surface area contributed by atoms with Crippen molar-refractivity contribution in [2.24, 2.45) is 0 Å². The Bertz CT molecular complexity index is 524. The van der Waals surface area contributed by atoms with Crippen LogP contribution in [0.3, 0.4) is 0 Å². The molecule has 0 aliphatic heterocycles. The van der Waals surface area contributed by atoms with E-state index in [1.807, 2.05) is 0 Å². The molecule has 0 heterocycles. The summed E-state index contributed by atoms with van der Waals surface area (Å²) >= 11 is 1.35. The van der Waals surface area contributed by atoms with Crippen LogP contribution in [-0.2, 0) is 18.3 Å². The number of benzene rings is 2. The van der Waals surface area contributed by atoms with Gasteiger partial charge in [-0.15, -0.1) is 0 Å². The standard InChI is InChI=1S/C8H9.C7H6O3.Zn/c1-2-8-6-4-3-5-7-8;8-6-4-2-1-3-5(6)7(9)10;/h2-7H,1H3;1-4,8H,(H,9,10);/q;;+1/p-1. The maximum absolute atomic E-state index is 10.2. The predicted octanol–water partition coefficient (Wildman–Crippen LogP) is 2.05. The predicted molar refractivity (Wildman–Crippen MR) is 67.3 cm³/mol. The van der Waals surface area contributed by atoms with Gasteiger partial charge in [-0.25, -0.2) is 0 Å². The van der Waals surface area contributed by atoms with Crippen LogP contribution in [0.4, 0.5) is 0 Å². The molecule has 0 radical (unpaired) electrons. The first-order valence-corrected chi connectivity index (χ1v) is 7.61. The van der Waals surface area contributed by atoms with Crippen molar-refractivity contribution in [3.05, 3.63) is 65.7 Å². The molecule has 0 bridgehead atoms. The summed E-state index contributed by atoms with van der Waals surface area (Å²) in [4.78, 5) is 10.2. The minimum Gasteiger partial charge on any atom is -0.545 e. The molecule has 19 heavy (non-hydrogen) atoms. The fourth-order valence-corrected chi connectivity index (χ4v) is 2.00. The second-order valence-corrected chi connectivity index (χ2v) is 6.69. The number of aromatic carboxylic acids is 1. The smallest absolute Gasteiger partial charge is 0.124 e. The summed E-state index contributed by atoms with van der Waals surface area (Å²) < 4.78 is 0.784. The summed E-state index contributed by atoms with van der Waals surface area (Å²) in [5.74, 6) is -1.62. The molecule has 1 unspecified atom stereocenters. The molecule has 0 aromatic heterocycles. The molecular weight excluding hydrogens is 294 g/mol. The van der Waals surface area contributed by atoms with E-state index in [1.165, 1.54) is 42.1 Å². The van der Waals surface area contributed by atoms with E-state index in [9.17, 15) is 9.90 Å². The molecule has 3 nitrogen and oxygen atoms in total. The molecule has 0 amide bonds. The van der Waals surface area contributed by atoms with Crippen LogP contribution in [0.5, 0.6) is 5.75 Å². The van der Waals surface area contributed by atoms with E-state index in [4.69, 9.17) is 5.11 Å². The number of para-hydroxylation sites is 1. The van der Waals surface area contributed by atoms with E-state index < -0.39 is 5.97 Å². The Balaban J connectivity index is 0.000000191. The number of carboxylic acids is 1. The normalized spacial score (nSPS) is 11.1. The maximum Gasteiger partial charge on any atom is 0.124 e. The summed E-state index contributed by atoms with van der Waals surface area (Å²) in [5.41, 5.74) is 1.29. The molecule has 0 aliphatic rings. The minimum atomic E-state index is -1.36. The Kier molecular flexibility index (Phi) is 6.24. The van der Waals surface area contributed by atoms with Crippen LogP contribution >= 0.6 is 0 Å². The molecule has 0 spiro atoms. The molecule has 0 saturated heterocycles. The Labute approximate surface area is 122 Å². The molecular formula is C15H14O3Zn. The molecule has 94 valence electrons. The van der Waals surface area contributed by atoms with Crippen LogP contribution in [0.25, 0.3) is 0 Å². The third kappa shape index (κ3) is 5.23. The first kappa shape index (κ1) is 15.4. The van der Waals surface area contributed by atoms with Gasteiger partial charge >= 0.3 is 65.6 Å². The van der Waals surface area contributed by atoms with Crippen molar-refractivity contribution in [1.29, 1.82) is 0 Å². The van der Waals surface area contributed by atoms with Crippen molar-refractivity contribution in [2.75, 3.05) is 0 Å². The van der Waals surface area contributed by atoms with Crippen molar-refractivity contribution < 1.29 is 33.3 Å². The minimum absolute atomic E-state index is 0.178. The van der Waals surface area contributed by atoms with Gasteiger partial charge in [0.1, 0.15) is 5.75 Å². The third-order valence-corrected chi connectivity index (χ3v) is 3.48. The summed E-state index contributed by atoms with van der Waals surface area (Å²) in [6.07, 6.45) is 0. The Morgan fingerprint density at radius 1 is 1.11 bits per heavy atom. The average molecular weight is 308 g/mol. The number of hydrogen-bond donors (Lipinski definition) is 1. The Morgan fingerprint density at radius 3 is 2.00 bits per heavy atom. The second-order valence-electron chi connectivity index (χ2n) is 4.12. The number of aromatic hydroxyl groups is 1. The molecule has 4 heteroatoms. The van der Waals surface area contributed by atoms with Gasteiger partial charge in [-0.2, -0.15) is 0 Å². The van der Waals surface area contributed by atoms with E-state index in [-0.39, 0.29) is 11.3 Å². The van der Waals surface area contributed by atoms with E-state index in [0.29, 0.717) is 0 Å². The van der Waals surface area contributed by atoms with Crippen LogP contribution in [0.2, 0.25) is 0 Å². The SMILES string of the molecule is C[CH]([Zn+])c1ccccc1.O=C([O-])c1ccccc1O. The molecule has 1 atom stereocenters. The quantitative estimate of drug-likeness (QED) is 0.864. The van der Waals surface area contributed by atoms with Crippen LogP contribution in [0.15, 0.2) is 54.6 Å². The van der Waals surface area contributed by atoms with Crippen molar-refractivity contribution in [3.8, 4) is 5.75 Å². The van der Waals surface area contributed by atoms with Gasteiger partial charge in [0.15, 0.2) is 0 Å². The molecule has 2 aromatic carbocycles. The van der Waals surface area contributed by atoms with Gasteiger partial charge in [-0.3, -0.25) is 0 Å². The molecule has 1 N–H and O–H groups in total. The van der Waals surface area contributed by atoms with Crippen molar-refractivity contribution in [3.63, 3.8) is 0 Å². The number of phenols is 1. The van der Waals surface area contributed by atoms with Gasteiger partial charge in [-0.1, -0.05) is 12.1 Å². The van der Waals surface area contributed by atoms with Crippen molar-refractivity contribution >= 4 is 5.97 Å². The fourth-order valence-electron chi connectivity index (χ4n) is 1.43. The van der Waals surface area contributed by atoms with E-state index >= 15 is 0 Å². The number of hydrogen-bond acceptors (Lipinski definition) is 3. The Hall–Kier alpha value is -1.67. The van der Waals surface area contributed by atoms with E-state index in [1.54, 1.807) is 6.07 Å². The first-order chi connectivity index (χ1) is 9.02. The van der Waals surface area contributed by atoms with Crippen LogP contribution in [0.1, 0.15) is 27.4 Å². The van der Waals surface area contributed by atoms with Crippen molar-refractivity contribution in [2.45, 2.75) is 11.4 Å². The monoisotopic (exact) mass is 306 g/mol. The summed E-state index contributed by atoms with van der Waals surface area (Å²) in [5, 5.41) is 19.0. The number of carbonyl (C=O) groups excluding carboxylic acids is 1. The van der Waals surface area contributed by atoms with Gasteiger partial charge in [0, 0.05) is 5.56 Å². The van der Waals surface area contributed by atoms with Crippen molar-refractivity contribution in [1.82, 2.24) is 0 Å². The summed E-state index contributed by atoms with van der Waals surface area (Å²) in [6, 6.07) is 16.3. The van der Waals surface area contributed by atoms with E-state index in [0.717, 1.165) is 4.51 Å². The molecule has 0 saturated carbocycles. The van der Waals surface area contributed by atoms with Crippen LogP contribution in [0, 0.1) is 0 Å². The maximum atomic E-state index is 10.2. The van der Waals surface area contributed by atoms with Gasteiger partial charge in [0.05, 0.1) is 5.97 Å². The van der Waals surface area contributed by atoms with Crippen LogP contribution < -0.4 is 5.11 Å². The summed E-state index contributed by atoms with van der Waals surface area (Å²) in [6.45, 7) is 2.26. The topological polar surface area (TPSA) is 60.4 Å². The summed E-state index contributed by atoms with van der Waals surface area (Å²) in [7, 11) is 0. The number of carboxylic acid groups (broad SMARTS) is 1. The van der Waals surface area contributed by atoms with E-state index in [2.05, 4.69) is 37.3 Å². The fraction of sp³-hybridized carbons (Fsp3) is 0.133. The second kappa shape index (κ2) is 7.70. The first-order valence-electron chi connectivity index (χ1n) is 5.89. The van der Waals surface area contributed by atoms with Gasteiger partial charge in [-0.05, 0) is 12.1 Å².